The van der Waals surface area contributed by atoms with E-state index in [0.717, 1.165) is 32.5 Å². The summed E-state index contributed by atoms with van der Waals surface area (Å²) >= 11 is 6.88. The van der Waals surface area contributed by atoms with Crippen LogP contribution in [0, 0.1) is 4.64 Å². The van der Waals surface area contributed by atoms with Crippen molar-refractivity contribution in [3.63, 3.8) is 0 Å². The number of anilines is 1. The Morgan fingerprint density at radius 1 is 1.13 bits per heavy atom. The largest absolute Gasteiger partial charge is 0.374 e. The molecular weight excluding hydrogens is 545 g/mol. The molecule has 0 bridgehead atoms. The van der Waals surface area contributed by atoms with Crippen molar-refractivity contribution in [1.82, 2.24) is 24.9 Å². The summed E-state index contributed by atoms with van der Waals surface area (Å²) in [6.45, 7) is 3.18. The zero-order chi connectivity index (χ0) is 26.5. The average molecular weight is 567 g/mol. The summed E-state index contributed by atoms with van der Waals surface area (Å²) in [6, 6.07) is 13.2. The molecule has 0 unspecified atom stereocenters. The molecule has 1 saturated heterocycles. The number of carbonyl (C=O) groups is 1. The molecule has 1 aliphatic heterocycles. The first kappa shape index (κ1) is 25.8. The highest BCUT2D eigenvalue weighted by molar-refractivity contribution is 7.93. The van der Waals surface area contributed by atoms with E-state index in [1.807, 2.05) is 24.3 Å². The molecule has 0 radical (unpaired) electrons. The zero-order valence-electron chi connectivity index (χ0n) is 19.9. The minimum absolute atomic E-state index is 0.0635. The highest BCUT2D eigenvalue weighted by atomic mass is 32.2. The summed E-state index contributed by atoms with van der Waals surface area (Å²) in [5.41, 5.74) is 2.31. The summed E-state index contributed by atoms with van der Waals surface area (Å²) in [7, 11) is -3.78. The van der Waals surface area contributed by atoms with Gasteiger partial charge in [0.05, 0.1) is 27.2 Å². The average Bonchev–Trinajstić information content (AvgIpc) is 3.44. The number of carbonyl (C=O) groups excluding carboxylic acids is 1. The van der Waals surface area contributed by atoms with E-state index in [4.69, 9.17) is 12.2 Å². The topological polar surface area (TPSA) is 134 Å². The lowest BCUT2D eigenvalue weighted by Crippen LogP contribution is -2.40. The minimum atomic E-state index is -3.78. The molecule has 2 aromatic carbocycles. The Labute approximate surface area is 227 Å². The number of hydrogen-bond donors (Lipinski definition) is 2. The fourth-order valence-corrected chi connectivity index (χ4v) is 5.87. The smallest absolute Gasteiger partial charge is 0.263 e. The number of aromatic nitrogens is 3. The van der Waals surface area contributed by atoms with E-state index in [1.54, 1.807) is 11.6 Å². The Bertz CT molecular complexity index is 1680. The molecule has 0 spiro atoms. The number of para-hydroxylation sites is 2. The van der Waals surface area contributed by atoms with E-state index < -0.39 is 10.0 Å². The molecule has 0 saturated carbocycles. The highest BCUT2D eigenvalue weighted by Gasteiger charge is 2.16. The normalized spacial score (nSPS) is 14.7. The second-order valence-corrected chi connectivity index (χ2v) is 11.1. The lowest BCUT2D eigenvalue weighted by molar-refractivity contribution is -0.103. The monoisotopic (exact) mass is 566 g/mol. The van der Waals surface area contributed by atoms with Gasteiger partial charge in [-0.1, -0.05) is 29.6 Å². The third-order valence-electron chi connectivity index (χ3n) is 5.66. The first-order chi connectivity index (χ1) is 18.4. The van der Waals surface area contributed by atoms with Crippen molar-refractivity contribution < 1.29 is 13.2 Å². The van der Waals surface area contributed by atoms with Gasteiger partial charge in [0.2, 0.25) is 0 Å². The molecule has 0 amide bonds. The third kappa shape index (κ3) is 5.67. The van der Waals surface area contributed by atoms with Crippen LogP contribution in [0.25, 0.3) is 16.6 Å². The summed E-state index contributed by atoms with van der Waals surface area (Å²) in [5.74, 6) is 0. The number of thiazole rings is 1. The first-order valence-electron chi connectivity index (χ1n) is 11.5. The Morgan fingerprint density at radius 3 is 2.61 bits per heavy atom. The fourth-order valence-electron chi connectivity index (χ4n) is 3.78. The van der Waals surface area contributed by atoms with E-state index in [1.165, 1.54) is 46.5 Å². The molecule has 11 nitrogen and oxygen atoms in total. The third-order valence-corrected chi connectivity index (χ3v) is 8.20. The summed E-state index contributed by atoms with van der Waals surface area (Å²) in [6.07, 6.45) is 4.04. The standard InChI is InChI=1S/C24H22N8O3S3/c33-16-17(15-31-12-9-25-10-13-31)22-23(36)32(21-4-2-1-3-20(21)27-22)30-28-18-5-7-19(8-6-18)38(34,35)29-24-26-11-14-37-24/h1-8,11,14-16,25H,9-10,12-13H2,(H,26,29)/b17-15-,30-28?. The van der Waals surface area contributed by atoms with E-state index in [0.29, 0.717) is 28.0 Å². The molecule has 3 heterocycles. The molecule has 2 N–H and O–H groups in total. The van der Waals surface area contributed by atoms with Crippen molar-refractivity contribution in [3.8, 4) is 0 Å². The summed E-state index contributed by atoms with van der Waals surface area (Å²) < 4.78 is 29.3. The number of fused-ring (bicyclic) bond motifs is 1. The number of hydrogen-bond acceptors (Lipinski definition) is 11. The van der Waals surface area contributed by atoms with Gasteiger partial charge in [-0.25, -0.2) is 18.4 Å². The number of aldehydes is 1. The van der Waals surface area contributed by atoms with Gasteiger partial charge in [-0.2, -0.15) is 4.68 Å². The van der Waals surface area contributed by atoms with Crippen molar-refractivity contribution >= 4 is 67.3 Å². The van der Waals surface area contributed by atoms with Crippen molar-refractivity contribution in [3.05, 3.63) is 76.6 Å². The molecule has 2 aromatic heterocycles. The van der Waals surface area contributed by atoms with Gasteiger partial charge < -0.3 is 10.2 Å². The lowest BCUT2D eigenvalue weighted by Gasteiger charge is -2.26. The number of nitrogens with zero attached hydrogens (tertiary/aromatic N) is 6. The van der Waals surface area contributed by atoms with Crippen LogP contribution in [0.15, 0.2) is 81.5 Å². The second kappa shape index (κ2) is 11.3. The molecular formula is C24H22N8O3S3. The van der Waals surface area contributed by atoms with Crippen molar-refractivity contribution in [1.29, 1.82) is 0 Å². The van der Waals surface area contributed by atoms with Crippen LogP contribution in [-0.2, 0) is 14.8 Å². The number of benzene rings is 2. The number of allylic oxidation sites excluding steroid dienone is 1. The van der Waals surface area contributed by atoms with E-state index in [9.17, 15) is 13.2 Å². The van der Waals surface area contributed by atoms with Gasteiger partial charge in [0, 0.05) is 44.0 Å². The molecule has 1 fully saturated rings. The van der Waals surface area contributed by atoms with Crippen molar-refractivity contribution in [2.45, 2.75) is 4.90 Å². The SMILES string of the molecule is O=C/C(=C/N1CCNCC1)c1nc2ccccc2n(N=Nc2ccc(S(=O)(=O)Nc3nccs3)cc2)c1=S. The quantitative estimate of drug-likeness (QED) is 0.141. The van der Waals surface area contributed by atoms with Crippen molar-refractivity contribution in [2.24, 2.45) is 10.3 Å². The Kier molecular flexibility index (Phi) is 7.64. The predicted octanol–water partition coefficient (Wildman–Crippen LogP) is 4.02. The molecule has 0 aliphatic carbocycles. The van der Waals surface area contributed by atoms with Crippen LogP contribution in [0.3, 0.4) is 0 Å². The van der Waals surface area contributed by atoms with Crippen LogP contribution in [0.4, 0.5) is 10.8 Å². The van der Waals surface area contributed by atoms with Crippen LogP contribution in [0.1, 0.15) is 5.69 Å². The van der Waals surface area contributed by atoms with E-state index in [2.05, 4.69) is 35.2 Å². The zero-order valence-corrected chi connectivity index (χ0v) is 22.3. The first-order valence-corrected chi connectivity index (χ1v) is 14.3. The number of rotatable bonds is 8. The maximum absolute atomic E-state index is 12.6. The van der Waals surface area contributed by atoms with Gasteiger partial charge in [-0.3, -0.25) is 9.52 Å². The van der Waals surface area contributed by atoms with Gasteiger partial charge in [0.25, 0.3) is 10.0 Å². The molecule has 38 heavy (non-hydrogen) atoms. The fraction of sp³-hybridized carbons (Fsp3) is 0.167. The number of piperazine rings is 1. The molecule has 194 valence electrons. The molecule has 1 aliphatic rings. The number of sulfonamides is 1. The van der Waals surface area contributed by atoms with Crippen LogP contribution in [0.5, 0.6) is 0 Å². The number of nitrogens with one attached hydrogen (secondary N) is 2. The molecule has 0 atom stereocenters. The highest BCUT2D eigenvalue weighted by Crippen LogP contribution is 2.23. The lowest BCUT2D eigenvalue weighted by atomic mass is 10.2. The van der Waals surface area contributed by atoms with Crippen LogP contribution in [-0.4, -0.2) is 60.4 Å². The van der Waals surface area contributed by atoms with Gasteiger partial charge in [-0.05, 0) is 36.4 Å². The van der Waals surface area contributed by atoms with Gasteiger partial charge in [0.15, 0.2) is 16.1 Å². The maximum Gasteiger partial charge on any atom is 0.263 e. The molecule has 5 rings (SSSR count). The van der Waals surface area contributed by atoms with E-state index >= 15 is 0 Å². The van der Waals surface area contributed by atoms with Crippen LogP contribution < -0.4 is 10.0 Å². The molecule has 14 heteroatoms. The maximum atomic E-state index is 12.6. The second-order valence-electron chi connectivity index (χ2n) is 8.18. The Morgan fingerprint density at radius 2 is 1.89 bits per heavy atom. The Hall–Kier alpha value is -3.85. The summed E-state index contributed by atoms with van der Waals surface area (Å²) in [4.78, 5) is 22.8. The van der Waals surface area contributed by atoms with Gasteiger partial charge in [0.1, 0.15) is 5.69 Å². The van der Waals surface area contributed by atoms with Gasteiger partial charge in [-0.15, -0.1) is 16.5 Å². The van der Waals surface area contributed by atoms with Crippen LogP contribution in [0.2, 0.25) is 0 Å². The molecule has 4 aromatic rings. The predicted molar refractivity (Wildman–Crippen MR) is 148 cm³/mol. The van der Waals surface area contributed by atoms with Crippen molar-refractivity contribution in [2.75, 3.05) is 30.9 Å². The summed E-state index contributed by atoms with van der Waals surface area (Å²) in [5, 5.41) is 13.8. The van der Waals surface area contributed by atoms with Crippen LogP contribution >= 0.6 is 23.6 Å². The Balaban J connectivity index is 1.48. The van der Waals surface area contributed by atoms with E-state index in [-0.39, 0.29) is 14.7 Å². The van der Waals surface area contributed by atoms with Gasteiger partial charge >= 0.3 is 0 Å². The minimum Gasteiger partial charge on any atom is -0.374 e.